The first-order valence-corrected chi connectivity index (χ1v) is 12.7. The van der Waals surface area contributed by atoms with Crippen molar-refractivity contribution < 1.29 is 23.1 Å². The zero-order chi connectivity index (χ0) is 22.6. The van der Waals surface area contributed by atoms with Crippen LogP contribution in [0.3, 0.4) is 0 Å². The van der Waals surface area contributed by atoms with Crippen LogP contribution < -0.4 is 14.4 Å². The lowest BCUT2D eigenvalue weighted by atomic mass is 10.0. The van der Waals surface area contributed by atoms with E-state index in [1.807, 2.05) is 4.31 Å². The fourth-order valence-corrected chi connectivity index (χ4v) is 5.80. The highest BCUT2D eigenvalue weighted by Gasteiger charge is 2.35. The van der Waals surface area contributed by atoms with Gasteiger partial charge in [-0.15, -0.1) is 0 Å². The molecule has 2 aromatic rings. The molecule has 0 fully saturated rings. The molecular formula is C22H28N2O5S2. The van der Waals surface area contributed by atoms with E-state index in [1.54, 1.807) is 68.3 Å². The molecule has 0 bridgehead atoms. The molecule has 1 aliphatic heterocycles. The Morgan fingerprint density at radius 3 is 2.55 bits per heavy atom. The lowest BCUT2D eigenvalue weighted by molar-refractivity contribution is -0.140. The molecule has 0 saturated heterocycles. The van der Waals surface area contributed by atoms with Gasteiger partial charge in [-0.1, -0.05) is 51.1 Å². The van der Waals surface area contributed by atoms with Crippen LogP contribution >= 0.6 is 11.9 Å². The number of carboxylic acids is 1. The SMILES string of the molecule is CCCSN1COc2cc(S(=O)(=O)C(N[C@@H](C(=O)O)C(C)C)c3ccccc3)ccc21. The minimum absolute atomic E-state index is 0.0860. The maximum absolute atomic E-state index is 13.6. The molecule has 0 aromatic heterocycles. The molecule has 0 radical (unpaired) electrons. The van der Waals surface area contributed by atoms with Crippen LogP contribution in [0.25, 0.3) is 0 Å². The van der Waals surface area contributed by atoms with Crippen LogP contribution in [-0.4, -0.2) is 38.0 Å². The van der Waals surface area contributed by atoms with E-state index in [9.17, 15) is 18.3 Å². The second-order valence-corrected chi connectivity index (χ2v) is 10.8. The largest absolute Gasteiger partial charge is 0.480 e. The van der Waals surface area contributed by atoms with Crippen LogP contribution in [0.4, 0.5) is 5.69 Å². The quantitative estimate of drug-likeness (QED) is 0.508. The molecule has 0 aliphatic carbocycles. The zero-order valence-corrected chi connectivity index (χ0v) is 19.4. The highest BCUT2D eigenvalue weighted by Crippen LogP contribution is 2.41. The molecule has 2 atom stereocenters. The first-order valence-electron chi connectivity index (χ1n) is 10.2. The summed E-state index contributed by atoms with van der Waals surface area (Å²) in [5.41, 5.74) is 1.32. The molecular weight excluding hydrogens is 436 g/mol. The summed E-state index contributed by atoms with van der Waals surface area (Å²) >= 11 is 1.64. The number of nitrogens with one attached hydrogen (secondary N) is 1. The summed E-state index contributed by atoms with van der Waals surface area (Å²) in [6, 6.07) is 12.4. The van der Waals surface area contributed by atoms with E-state index in [1.165, 1.54) is 6.07 Å². The lowest BCUT2D eigenvalue weighted by Crippen LogP contribution is -2.45. The predicted octanol–water partition coefficient (Wildman–Crippen LogP) is 4.07. The third-order valence-corrected chi connectivity index (χ3v) is 8.14. The second-order valence-electron chi connectivity index (χ2n) is 7.68. The molecule has 1 unspecified atom stereocenters. The van der Waals surface area contributed by atoms with Crippen LogP contribution in [0.15, 0.2) is 53.4 Å². The van der Waals surface area contributed by atoms with Gasteiger partial charge in [0, 0.05) is 11.8 Å². The number of sulfone groups is 1. The molecule has 2 aromatic carbocycles. The number of hydrogen-bond acceptors (Lipinski definition) is 7. The molecule has 0 saturated carbocycles. The van der Waals surface area contributed by atoms with Gasteiger partial charge in [0.1, 0.15) is 17.2 Å². The zero-order valence-electron chi connectivity index (χ0n) is 17.8. The molecule has 31 heavy (non-hydrogen) atoms. The third-order valence-electron chi connectivity index (χ3n) is 4.99. The molecule has 1 aliphatic rings. The normalized spacial score (nSPS) is 15.4. The van der Waals surface area contributed by atoms with Crippen molar-refractivity contribution in [1.82, 2.24) is 5.32 Å². The minimum Gasteiger partial charge on any atom is -0.480 e. The fourth-order valence-electron chi connectivity index (χ4n) is 3.34. The Balaban J connectivity index is 1.98. The summed E-state index contributed by atoms with van der Waals surface area (Å²) in [5, 5.41) is 11.3. The Hall–Kier alpha value is -2.23. The molecule has 9 heteroatoms. The number of nitrogens with zero attached hydrogens (tertiary/aromatic N) is 1. The Labute approximate surface area is 187 Å². The lowest BCUT2D eigenvalue weighted by Gasteiger charge is -2.26. The molecule has 2 N–H and O–H groups in total. The number of rotatable bonds is 10. The van der Waals surface area contributed by atoms with Gasteiger partial charge in [0.05, 0.1) is 10.6 Å². The predicted molar refractivity (Wildman–Crippen MR) is 123 cm³/mol. The number of ether oxygens (including phenoxy) is 1. The van der Waals surface area contributed by atoms with Crippen molar-refractivity contribution >= 4 is 33.4 Å². The number of hydrogen-bond donors (Lipinski definition) is 2. The van der Waals surface area contributed by atoms with Crippen molar-refractivity contribution in [3.8, 4) is 5.75 Å². The van der Waals surface area contributed by atoms with Gasteiger partial charge < -0.3 is 9.84 Å². The summed E-state index contributed by atoms with van der Waals surface area (Å²) in [6.45, 7) is 5.94. The standard InChI is InChI=1S/C22H28N2O5S2/c1-4-12-30-24-14-29-19-13-17(10-11-18(19)24)31(27,28)21(16-8-6-5-7-9-16)23-20(15(2)3)22(25)26/h5-11,13,15,20-21,23H,4,12,14H2,1-3H3,(H,25,26)/t20-,21?/m1/s1. The highest BCUT2D eigenvalue weighted by molar-refractivity contribution is 8.00. The average Bonchev–Trinajstić information content (AvgIpc) is 3.14. The van der Waals surface area contributed by atoms with E-state index < -0.39 is 27.2 Å². The van der Waals surface area contributed by atoms with Gasteiger partial charge in [0.25, 0.3) is 0 Å². The average molecular weight is 465 g/mol. The van der Waals surface area contributed by atoms with Crippen molar-refractivity contribution in [2.45, 2.75) is 43.5 Å². The van der Waals surface area contributed by atoms with Crippen LogP contribution in [-0.2, 0) is 14.6 Å². The van der Waals surface area contributed by atoms with Crippen molar-refractivity contribution in [1.29, 1.82) is 0 Å². The highest BCUT2D eigenvalue weighted by atomic mass is 32.2. The first-order chi connectivity index (χ1) is 14.8. The van der Waals surface area contributed by atoms with Gasteiger partial charge in [-0.05, 0) is 42.0 Å². The van der Waals surface area contributed by atoms with E-state index in [-0.39, 0.29) is 10.8 Å². The van der Waals surface area contributed by atoms with Gasteiger partial charge >= 0.3 is 5.97 Å². The number of anilines is 1. The van der Waals surface area contributed by atoms with Crippen molar-refractivity contribution in [3.05, 3.63) is 54.1 Å². The first kappa shape index (κ1) is 23.4. The van der Waals surface area contributed by atoms with Gasteiger partial charge in [-0.25, -0.2) is 8.42 Å². The number of carbonyl (C=O) groups is 1. The third kappa shape index (κ3) is 5.16. The number of carboxylic acid groups (broad SMARTS) is 1. The van der Waals surface area contributed by atoms with Crippen molar-refractivity contribution in [2.75, 3.05) is 16.8 Å². The van der Waals surface area contributed by atoms with E-state index in [0.29, 0.717) is 18.0 Å². The van der Waals surface area contributed by atoms with Crippen LogP contribution in [0.1, 0.15) is 38.1 Å². The Morgan fingerprint density at radius 2 is 1.94 bits per heavy atom. The Bertz CT molecular complexity index is 1010. The Kier molecular flexibility index (Phi) is 7.51. The summed E-state index contributed by atoms with van der Waals surface area (Å²) in [6.07, 6.45) is 1.02. The van der Waals surface area contributed by atoms with Crippen molar-refractivity contribution in [3.63, 3.8) is 0 Å². The number of benzene rings is 2. The molecule has 0 amide bonds. The van der Waals surface area contributed by atoms with Gasteiger partial charge in [0.15, 0.2) is 16.6 Å². The molecule has 3 rings (SSSR count). The van der Waals surface area contributed by atoms with Gasteiger partial charge in [-0.2, -0.15) is 0 Å². The van der Waals surface area contributed by atoms with Crippen molar-refractivity contribution in [2.24, 2.45) is 5.92 Å². The molecule has 7 nitrogen and oxygen atoms in total. The summed E-state index contributed by atoms with van der Waals surface area (Å²) in [7, 11) is -3.95. The number of fused-ring (bicyclic) bond motifs is 1. The van der Waals surface area contributed by atoms with Gasteiger partial charge in [-0.3, -0.25) is 14.4 Å². The van der Waals surface area contributed by atoms with Crippen LogP contribution in [0, 0.1) is 5.92 Å². The monoisotopic (exact) mass is 464 g/mol. The van der Waals surface area contributed by atoms with E-state index in [4.69, 9.17) is 4.74 Å². The maximum Gasteiger partial charge on any atom is 0.321 e. The Morgan fingerprint density at radius 1 is 1.23 bits per heavy atom. The summed E-state index contributed by atoms with van der Waals surface area (Å²) < 4.78 is 35.0. The van der Waals surface area contributed by atoms with Crippen LogP contribution in [0.5, 0.6) is 5.75 Å². The summed E-state index contributed by atoms with van der Waals surface area (Å²) in [4.78, 5) is 11.8. The fraction of sp³-hybridized carbons (Fsp3) is 0.409. The van der Waals surface area contributed by atoms with E-state index in [2.05, 4.69) is 12.2 Å². The van der Waals surface area contributed by atoms with Crippen LogP contribution in [0.2, 0.25) is 0 Å². The molecule has 0 spiro atoms. The summed E-state index contributed by atoms with van der Waals surface area (Å²) in [5.74, 6) is 0.0582. The molecule has 168 valence electrons. The second kappa shape index (κ2) is 9.93. The minimum atomic E-state index is -3.95. The van der Waals surface area contributed by atoms with E-state index >= 15 is 0 Å². The van der Waals surface area contributed by atoms with E-state index in [0.717, 1.165) is 17.9 Å². The van der Waals surface area contributed by atoms with Gasteiger partial charge in [0.2, 0.25) is 0 Å². The maximum atomic E-state index is 13.6. The molecule has 1 heterocycles. The number of aliphatic carboxylic acids is 1. The smallest absolute Gasteiger partial charge is 0.321 e. The topological polar surface area (TPSA) is 95.9 Å².